The lowest BCUT2D eigenvalue weighted by Crippen LogP contribution is -2.67. The summed E-state index contributed by atoms with van der Waals surface area (Å²) in [6, 6.07) is 32.8. The molecule has 6 nitrogen and oxygen atoms in total. The standard InChI is InChI=1S/C41H39Cl2FN4O2Si/c1-40(2,3)51(29-15-6-4-7-16-29,30-17-8-5-9-18-30)50-28-23-41(21-12-22-48(41)25-28)26-49-39-46-37-32(38(43)47-39)24-45-36(35(37)44)31-19-10-13-27-14-11-20-33(42)34(27)31/h4-11,13-20,24,28H,12,21-23,25-26H2,1-3H3/t28-,41+/m1/s1. The van der Waals surface area contributed by atoms with Gasteiger partial charge in [-0.25, -0.2) is 4.39 Å². The van der Waals surface area contributed by atoms with Crippen LogP contribution in [0.25, 0.3) is 32.9 Å². The van der Waals surface area contributed by atoms with E-state index in [-0.39, 0.29) is 39.1 Å². The van der Waals surface area contributed by atoms with Gasteiger partial charge in [0.05, 0.1) is 17.0 Å². The molecule has 4 aromatic carbocycles. The number of hydrogen-bond donors (Lipinski definition) is 0. The van der Waals surface area contributed by atoms with Crippen molar-refractivity contribution in [3.05, 3.63) is 119 Å². The molecule has 6 aromatic rings. The van der Waals surface area contributed by atoms with E-state index in [2.05, 4.69) is 101 Å². The van der Waals surface area contributed by atoms with Gasteiger partial charge < -0.3 is 9.16 Å². The van der Waals surface area contributed by atoms with Crippen molar-refractivity contribution in [3.63, 3.8) is 0 Å². The number of benzene rings is 4. The van der Waals surface area contributed by atoms with Crippen molar-refractivity contribution in [2.75, 3.05) is 19.7 Å². The number of hydrogen-bond acceptors (Lipinski definition) is 6. The van der Waals surface area contributed by atoms with Gasteiger partial charge in [-0.2, -0.15) is 9.97 Å². The lowest BCUT2D eigenvalue weighted by Gasteiger charge is -2.44. The zero-order valence-electron chi connectivity index (χ0n) is 28.9. The molecule has 0 amide bonds. The first-order valence-electron chi connectivity index (χ1n) is 17.5. The van der Waals surface area contributed by atoms with Gasteiger partial charge in [0.1, 0.15) is 23.0 Å². The van der Waals surface area contributed by atoms with Crippen molar-refractivity contribution in [2.45, 2.75) is 56.7 Å². The summed E-state index contributed by atoms with van der Waals surface area (Å²) in [4.78, 5) is 16.0. The average Bonchev–Trinajstić information content (AvgIpc) is 3.67. The van der Waals surface area contributed by atoms with Gasteiger partial charge in [0.2, 0.25) is 0 Å². The highest BCUT2D eigenvalue weighted by Crippen LogP contribution is 2.45. The van der Waals surface area contributed by atoms with Crippen LogP contribution in [0.5, 0.6) is 6.01 Å². The molecule has 4 heterocycles. The smallest absolute Gasteiger partial charge is 0.318 e. The number of aromatic nitrogens is 3. The molecule has 0 bridgehead atoms. The molecular weight excluding hydrogens is 698 g/mol. The van der Waals surface area contributed by atoms with Crippen LogP contribution in [0.3, 0.4) is 0 Å². The maximum Gasteiger partial charge on any atom is 0.318 e. The van der Waals surface area contributed by atoms with E-state index in [0.29, 0.717) is 22.6 Å². The van der Waals surface area contributed by atoms with E-state index in [1.54, 1.807) is 6.07 Å². The van der Waals surface area contributed by atoms with Crippen LogP contribution in [0, 0.1) is 5.82 Å². The fraction of sp³-hybridized carbons (Fsp3) is 0.293. The fourth-order valence-electron chi connectivity index (χ4n) is 8.43. The van der Waals surface area contributed by atoms with Crippen molar-refractivity contribution < 1.29 is 13.6 Å². The number of fused-ring (bicyclic) bond motifs is 3. The summed E-state index contributed by atoms with van der Waals surface area (Å²) < 4.78 is 30.3. The molecule has 51 heavy (non-hydrogen) atoms. The number of halogens is 3. The molecule has 0 spiro atoms. The third-order valence-corrected chi connectivity index (χ3v) is 16.4. The summed E-state index contributed by atoms with van der Waals surface area (Å²) in [6.45, 7) is 9.04. The van der Waals surface area contributed by atoms with Crippen molar-refractivity contribution in [1.82, 2.24) is 19.9 Å². The van der Waals surface area contributed by atoms with Crippen LogP contribution in [-0.2, 0) is 4.43 Å². The van der Waals surface area contributed by atoms with E-state index in [1.807, 2.05) is 30.3 Å². The van der Waals surface area contributed by atoms with Gasteiger partial charge in [0, 0.05) is 28.7 Å². The molecule has 2 aliphatic rings. The highest BCUT2D eigenvalue weighted by Gasteiger charge is 2.56. The highest BCUT2D eigenvalue weighted by molar-refractivity contribution is 6.99. The zero-order chi connectivity index (χ0) is 35.4. The first-order valence-corrected chi connectivity index (χ1v) is 20.1. The predicted molar refractivity (Wildman–Crippen MR) is 206 cm³/mol. The van der Waals surface area contributed by atoms with Crippen LogP contribution in [0.1, 0.15) is 40.0 Å². The molecule has 8 rings (SSSR count). The van der Waals surface area contributed by atoms with Gasteiger partial charge >= 0.3 is 6.01 Å². The molecule has 260 valence electrons. The Morgan fingerprint density at radius 1 is 0.902 bits per heavy atom. The van der Waals surface area contributed by atoms with Crippen molar-refractivity contribution in [1.29, 1.82) is 0 Å². The van der Waals surface area contributed by atoms with Gasteiger partial charge in [-0.1, -0.05) is 135 Å². The minimum Gasteiger partial charge on any atom is -0.461 e. The average molecular weight is 738 g/mol. The van der Waals surface area contributed by atoms with Crippen LogP contribution in [0.2, 0.25) is 15.2 Å². The molecule has 2 atom stereocenters. The van der Waals surface area contributed by atoms with E-state index in [4.69, 9.17) is 32.4 Å². The van der Waals surface area contributed by atoms with Gasteiger partial charge in [-0.15, -0.1) is 0 Å². The van der Waals surface area contributed by atoms with Crippen LogP contribution >= 0.6 is 23.2 Å². The van der Waals surface area contributed by atoms with Crippen molar-refractivity contribution in [3.8, 4) is 17.3 Å². The second-order valence-corrected chi connectivity index (χ2v) is 19.8. The van der Waals surface area contributed by atoms with Crippen LogP contribution < -0.4 is 15.1 Å². The monoisotopic (exact) mass is 736 g/mol. The van der Waals surface area contributed by atoms with Crippen molar-refractivity contribution in [2.24, 2.45) is 0 Å². The first kappa shape index (κ1) is 34.2. The molecule has 0 aliphatic carbocycles. The van der Waals surface area contributed by atoms with Crippen LogP contribution in [-0.4, -0.2) is 59.5 Å². The Labute approximate surface area is 308 Å². The molecule has 0 radical (unpaired) electrons. The lowest BCUT2D eigenvalue weighted by atomic mass is 9.94. The topological polar surface area (TPSA) is 60.4 Å². The van der Waals surface area contributed by atoms with Gasteiger partial charge in [-0.05, 0) is 52.7 Å². The molecule has 2 aliphatic heterocycles. The maximum atomic E-state index is 16.4. The van der Waals surface area contributed by atoms with E-state index < -0.39 is 14.1 Å². The lowest BCUT2D eigenvalue weighted by molar-refractivity contribution is 0.107. The predicted octanol–water partition coefficient (Wildman–Crippen LogP) is 8.85. The summed E-state index contributed by atoms with van der Waals surface area (Å²) in [5, 5.41) is 4.94. The van der Waals surface area contributed by atoms with Crippen LogP contribution in [0.15, 0.2) is 103 Å². The van der Waals surface area contributed by atoms with E-state index in [9.17, 15) is 0 Å². The Balaban J connectivity index is 1.10. The molecular formula is C41H39Cl2FN4O2Si. The Kier molecular flexibility index (Phi) is 8.88. The Morgan fingerprint density at radius 2 is 1.59 bits per heavy atom. The highest BCUT2D eigenvalue weighted by atomic mass is 35.5. The normalized spacial score (nSPS) is 19.5. The second kappa shape index (κ2) is 13.2. The van der Waals surface area contributed by atoms with E-state index >= 15 is 4.39 Å². The molecule has 10 heteroatoms. The second-order valence-electron chi connectivity index (χ2n) is 14.8. The molecule has 2 saturated heterocycles. The number of rotatable bonds is 8. The summed E-state index contributed by atoms with van der Waals surface area (Å²) >= 11 is 13.2. The Morgan fingerprint density at radius 3 is 2.27 bits per heavy atom. The largest absolute Gasteiger partial charge is 0.461 e. The summed E-state index contributed by atoms with van der Waals surface area (Å²) in [5.41, 5.74) is 0.511. The van der Waals surface area contributed by atoms with Crippen LogP contribution in [0.4, 0.5) is 4.39 Å². The molecule has 2 aromatic heterocycles. The minimum atomic E-state index is -2.75. The zero-order valence-corrected chi connectivity index (χ0v) is 31.4. The number of ether oxygens (including phenoxy) is 1. The van der Waals surface area contributed by atoms with Crippen molar-refractivity contribution >= 4 is 63.6 Å². The molecule has 0 saturated carbocycles. The van der Waals surface area contributed by atoms with Gasteiger partial charge in [-0.3, -0.25) is 9.88 Å². The third-order valence-electron chi connectivity index (χ3n) is 10.7. The number of pyridine rings is 1. The Hall–Kier alpha value is -3.92. The Bertz CT molecular complexity index is 2190. The SMILES string of the molecule is CC(C)(C)[Si](O[C@H]1CN2CCC[C@@]2(COc2nc(Cl)c3cnc(-c4cccc5cccc(Cl)c45)c(F)c3n2)C1)(c1ccccc1)c1ccccc1. The molecule has 0 unspecified atom stereocenters. The number of nitrogens with zero attached hydrogens (tertiary/aromatic N) is 4. The maximum absolute atomic E-state index is 16.4. The summed E-state index contributed by atoms with van der Waals surface area (Å²) in [7, 11) is -2.75. The van der Waals surface area contributed by atoms with Gasteiger partial charge in [0.25, 0.3) is 8.32 Å². The third kappa shape index (κ3) is 5.91. The fourth-order valence-corrected chi connectivity index (χ4v) is 13.6. The molecule has 0 N–H and O–H groups in total. The van der Waals surface area contributed by atoms with E-state index in [0.717, 1.165) is 43.1 Å². The summed E-state index contributed by atoms with van der Waals surface area (Å²) in [6.07, 6.45) is 4.34. The first-order chi connectivity index (χ1) is 24.6. The summed E-state index contributed by atoms with van der Waals surface area (Å²) in [5.74, 6) is -0.602. The molecule has 2 fully saturated rings. The quantitative estimate of drug-likeness (QED) is 0.115. The van der Waals surface area contributed by atoms with Gasteiger partial charge in [0.15, 0.2) is 5.82 Å². The van der Waals surface area contributed by atoms with E-state index in [1.165, 1.54) is 16.6 Å². The minimum absolute atomic E-state index is 0.0000832.